The van der Waals surface area contributed by atoms with E-state index in [2.05, 4.69) is 20.2 Å². The number of pyridine rings is 1. The molecule has 2 saturated heterocycles. The Morgan fingerprint density at radius 1 is 1.28 bits per heavy atom. The number of aromatic nitrogens is 2. The summed E-state index contributed by atoms with van der Waals surface area (Å²) in [5, 5.41) is 15.5. The highest BCUT2D eigenvalue weighted by atomic mass is 32.1. The summed E-state index contributed by atoms with van der Waals surface area (Å²) >= 11 is 1.41. The molecule has 0 aliphatic carbocycles. The number of thiazole rings is 1. The van der Waals surface area contributed by atoms with Crippen LogP contribution in [0.4, 0.5) is 21.4 Å². The molecule has 1 amide bonds. The summed E-state index contributed by atoms with van der Waals surface area (Å²) in [4.78, 5) is 36.8. The number of nitro groups is 1. The second-order valence-electron chi connectivity index (χ2n) is 8.94. The normalized spacial score (nSPS) is 19.8. The highest BCUT2D eigenvalue weighted by Crippen LogP contribution is 2.36. The number of ether oxygens (including phenoxy) is 2. The molecule has 1 atom stereocenters. The van der Waals surface area contributed by atoms with Gasteiger partial charge in [0.15, 0.2) is 10.8 Å². The molecular formula is C20H28N6O5S. The number of rotatable bonds is 4. The highest BCUT2D eigenvalue weighted by Gasteiger charge is 2.30. The zero-order chi connectivity index (χ0) is 22.9. The van der Waals surface area contributed by atoms with Crippen molar-refractivity contribution in [2.75, 3.05) is 49.2 Å². The molecule has 2 aliphatic rings. The van der Waals surface area contributed by atoms with E-state index in [1.54, 1.807) is 26.8 Å². The van der Waals surface area contributed by atoms with Gasteiger partial charge in [-0.3, -0.25) is 10.1 Å². The lowest BCUT2D eigenvalue weighted by molar-refractivity contribution is -0.384. The third kappa shape index (κ3) is 5.18. The lowest BCUT2D eigenvalue weighted by Gasteiger charge is -2.34. The number of amides is 1. The zero-order valence-electron chi connectivity index (χ0n) is 18.5. The van der Waals surface area contributed by atoms with Crippen LogP contribution < -0.4 is 15.1 Å². The molecule has 0 aromatic carbocycles. The molecule has 2 aromatic heterocycles. The first-order chi connectivity index (χ1) is 15.2. The molecule has 0 radical (unpaired) electrons. The summed E-state index contributed by atoms with van der Waals surface area (Å²) in [6.07, 6.45) is 1.05. The Kier molecular flexibility index (Phi) is 6.33. The first-order valence-corrected chi connectivity index (χ1v) is 11.5. The van der Waals surface area contributed by atoms with Crippen LogP contribution in [0.5, 0.6) is 0 Å². The summed E-state index contributed by atoms with van der Waals surface area (Å²) in [5.41, 5.74) is -0.140. The Hall–Kier alpha value is -2.73. The molecule has 0 saturated carbocycles. The number of carbonyl (C=O) groups excluding carboxylic acids is 1. The largest absolute Gasteiger partial charge is 0.444 e. The molecule has 1 N–H and O–H groups in total. The van der Waals surface area contributed by atoms with Crippen molar-refractivity contribution in [1.82, 2.24) is 15.3 Å². The number of nitrogens with one attached hydrogen (secondary N) is 1. The van der Waals surface area contributed by atoms with Crippen LogP contribution in [0.1, 0.15) is 33.6 Å². The van der Waals surface area contributed by atoms with Crippen LogP contribution in [0, 0.1) is 10.1 Å². The van der Waals surface area contributed by atoms with Gasteiger partial charge in [0.25, 0.3) is 0 Å². The van der Waals surface area contributed by atoms with Gasteiger partial charge in [-0.05, 0) is 33.6 Å². The number of alkyl carbamates (subject to hydrolysis) is 1. The van der Waals surface area contributed by atoms with Crippen molar-refractivity contribution < 1.29 is 19.2 Å². The smallest absolute Gasteiger partial charge is 0.407 e. The van der Waals surface area contributed by atoms with Crippen molar-refractivity contribution in [1.29, 1.82) is 0 Å². The minimum atomic E-state index is -0.591. The van der Waals surface area contributed by atoms with Gasteiger partial charge in [0, 0.05) is 38.3 Å². The van der Waals surface area contributed by atoms with Crippen LogP contribution in [-0.4, -0.2) is 72.0 Å². The maximum atomic E-state index is 12.2. The average molecular weight is 465 g/mol. The van der Waals surface area contributed by atoms with E-state index in [0.717, 1.165) is 31.1 Å². The summed E-state index contributed by atoms with van der Waals surface area (Å²) in [6, 6.07) is 1.37. The van der Waals surface area contributed by atoms with E-state index < -0.39 is 16.6 Å². The molecular weight excluding hydrogens is 436 g/mol. The monoisotopic (exact) mass is 464 g/mol. The van der Waals surface area contributed by atoms with E-state index in [1.807, 2.05) is 4.90 Å². The van der Waals surface area contributed by atoms with Gasteiger partial charge in [0.05, 0.1) is 22.8 Å². The van der Waals surface area contributed by atoms with Crippen LogP contribution >= 0.6 is 11.3 Å². The van der Waals surface area contributed by atoms with E-state index in [1.165, 1.54) is 11.3 Å². The fourth-order valence-electron chi connectivity index (χ4n) is 3.85. The number of hydrogen-bond acceptors (Lipinski definition) is 10. The number of anilines is 2. The number of hydrogen-bond donors (Lipinski definition) is 1. The second kappa shape index (κ2) is 9.02. The van der Waals surface area contributed by atoms with Crippen molar-refractivity contribution >= 4 is 44.4 Å². The second-order valence-corrected chi connectivity index (χ2v) is 9.95. The Morgan fingerprint density at radius 3 is 2.72 bits per heavy atom. The van der Waals surface area contributed by atoms with E-state index in [0.29, 0.717) is 36.7 Å². The van der Waals surface area contributed by atoms with Crippen LogP contribution in [0.25, 0.3) is 10.3 Å². The fraction of sp³-hybridized carbons (Fsp3) is 0.650. The van der Waals surface area contributed by atoms with Crippen molar-refractivity contribution in [3.05, 3.63) is 16.2 Å². The van der Waals surface area contributed by atoms with E-state index in [9.17, 15) is 14.9 Å². The van der Waals surface area contributed by atoms with Crippen molar-refractivity contribution in [2.45, 2.75) is 45.3 Å². The molecule has 0 bridgehead atoms. The first-order valence-electron chi connectivity index (χ1n) is 10.7. The van der Waals surface area contributed by atoms with Gasteiger partial charge in [-0.2, -0.15) is 4.98 Å². The quantitative estimate of drug-likeness (QED) is 0.537. The van der Waals surface area contributed by atoms with Crippen LogP contribution in [0.15, 0.2) is 6.07 Å². The van der Waals surface area contributed by atoms with Crippen molar-refractivity contribution in [3.63, 3.8) is 0 Å². The fourth-order valence-corrected chi connectivity index (χ4v) is 4.85. The van der Waals surface area contributed by atoms with E-state index in [4.69, 9.17) is 9.47 Å². The topological polar surface area (TPSA) is 123 Å². The highest BCUT2D eigenvalue weighted by molar-refractivity contribution is 7.22. The Morgan fingerprint density at radius 2 is 2.03 bits per heavy atom. The molecule has 0 unspecified atom stereocenters. The summed E-state index contributed by atoms with van der Waals surface area (Å²) in [6.45, 7) is 9.19. The molecule has 12 heteroatoms. The molecule has 32 heavy (non-hydrogen) atoms. The maximum absolute atomic E-state index is 12.2. The Labute approximate surface area is 189 Å². The molecule has 174 valence electrons. The van der Waals surface area contributed by atoms with Gasteiger partial charge >= 0.3 is 11.8 Å². The number of carbonyl (C=O) groups is 1. The lowest BCUT2D eigenvalue weighted by atomic mass is 10.1. The van der Waals surface area contributed by atoms with Crippen LogP contribution in [0.3, 0.4) is 0 Å². The van der Waals surface area contributed by atoms with Gasteiger partial charge in [-0.25, -0.2) is 9.78 Å². The van der Waals surface area contributed by atoms with Crippen molar-refractivity contribution in [3.8, 4) is 0 Å². The van der Waals surface area contributed by atoms with Gasteiger partial charge in [-0.15, -0.1) is 0 Å². The number of piperidine rings is 1. The minimum Gasteiger partial charge on any atom is -0.444 e. The molecule has 2 aromatic rings. The molecule has 2 aliphatic heterocycles. The van der Waals surface area contributed by atoms with Gasteiger partial charge in [-0.1, -0.05) is 11.3 Å². The molecule has 0 spiro atoms. The molecule has 11 nitrogen and oxygen atoms in total. The third-order valence-electron chi connectivity index (χ3n) is 5.25. The summed E-state index contributed by atoms with van der Waals surface area (Å²) in [7, 11) is 0. The van der Waals surface area contributed by atoms with E-state index in [-0.39, 0.29) is 17.5 Å². The molecule has 2 fully saturated rings. The Bertz CT molecular complexity index is 1000. The molecule has 4 rings (SSSR count). The van der Waals surface area contributed by atoms with Gasteiger partial charge in [0.2, 0.25) is 5.82 Å². The standard InChI is InChI=1S/C20H28N6O5S/c1-20(2,3)31-19(27)21-13-5-4-6-25(12-13)17-14(26(28)29)11-15-16(22-17)23-18(32-15)24-7-9-30-10-8-24/h11,13H,4-10,12H2,1-3H3,(H,21,27)/t13-/m0/s1. The van der Waals surface area contributed by atoms with Gasteiger partial charge < -0.3 is 24.6 Å². The summed E-state index contributed by atoms with van der Waals surface area (Å²) in [5.74, 6) is 0.289. The van der Waals surface area contributed by atoms with Gasteiger partial charge in [0.1, 0.15) is 5.60 Å². The third-order valence-corrected chi connectivity index (χ3v) is 6.30. The zero-order valence-corrected chi connectivity index (χ0v) is 19.3. The predicted octanol–water partition coefficient (Wildman–Crippen LogP) is 2.93. The maximum Gasteiger partial charge on any atom is 0.407 e. The molecule has 4 heterocycles. The minimum absolute atomic E-state index is 0.0485. The Balaban J connectivity index is 1.57. The van der Waals surface area contributed by atoms with E-state index >= 15 is 0 Å². The number of nitrogens with zero attached hydrogens (tertiary/aromatic N) is 5. The van der Waals surface area contributed by atoms with Crippen LogP contribution in [-0.2, 0) is 9.47 Å². The number of fused-ring (bicyclic) bond motifs is 1. The average Bonchev–Trinajstić information content (AvgIpc) is 3.15. The van der Waals surface area contributed by atoms with Crippen LogP contribution in [0.2, 0.25) is 0 Å². The summed E-state index contributed by atoms with van der Waals surface area (Å²) < 4.78 is 11.4. The first kappa shape index (κ1) is 22.5. The SMILES string of the molecule is CC(C)(C)OC(=O)N[C@H]1CCCN(c2nc3nc(N4CCOCC4)sc3cc2[N+](=O)[O-])C1. The lowest BCUT2D eigenvalue weighted by Crippen LogP contribution is -2.49. The number of morpholine rings is 1. The predicted molar refractivity (Wildman–Crippen MR) is 122 cm³/mol. The van der Waals surface area contributed by atoms with Crippen molar-refractivity contribution in [2.24, 2.45) is 0 Å².